The number of nitrogens with zero attached hydrogens (tertiary/aromatic N) is 5. The van der Waals surface area contributed by atoms with Crippen LogP contribution in [0.15, 0.2) is 59.1 Å². The second-order valence-electron chi connectivity index (χ2n) is 24.3. The molecule has 634 valence electrons. The van der Waals surface area contributed by atoms with Gasteiger partial charge in [0.2, 0.25) is 20.0 Å². The van der Waals surface area contributed by atoms with Crippen LogP contribution in [-0.2, 0) is 71.4 Å². The Bertz CT molecular complexity index is 2440. The molecule has 38 heteroatoms. The number of rotatable bonds is 35. The monoisotopic (exact) mass is 1610 g/mol. The van der Waals surface area contributed by atoms with Gasteiger partial charge in [-0.3, -0.25) is 0 Å². The van der Waals surface area contributed by atoms with Gasteiger partial charge in [0.15, 0.2) is 5.16 Å². The summed E-state index contributed by atoms with van der Waals surface area (Å²) < 4.78 is 105. The van der Waals surface area contributed by atoms with Gasteiger partial charge in [-0.25, -0.2) is 43.8 Å². The van der Waals surface area contributed by atoms with Crippen molar-refractivity contribution in [2.45, 2.75) is 119 Å². The maximum Gasteiger partial charge on any atom is 0.214 e. The van der Waals surface area contributed by atoms with Gasteiger partial charge in [-0.2, -0.15) is 0 Å². The number of H-pyrrole nitrogens is 1. The first-order valence-electron chi connectivity index (χ1n) is 36.4. The van der Waals surface area contributed by atoms with Gasteiger partial charge in [-0.1, -0.05) is 11.8 Å². The number of methoxy groups -OCH3 is 3. The molecule has 3 aliphatic heterocycles. The molecule has 7 rings (SSSR count). The van der Waals surface area contributed by atoms with Crippen molar-refractivity contribution in [3.8, 4) is 0 Å². The van der Waals surface area contributed by atoms with Gasteiger partial charge in [0, 0.05) is 150 Å². The molecule has 4 atom stereocenters. The van der Waals surface area contributed by atoms with Crippen LogP contribution in [0, 0.1) is 0 Å². The summed E-state index contributed by atoms with van der Waals surface area (Å²) >= 11 is 1.72. The highest BCUT2D eigenvalue weighted by Gasteiger charge is 2.24. The average Bonchev–Trinajstić information content (AvgIpc) is 1.54. The summed E-state index contributed by atoms with van der Waals surface area (Å²) in [5.74, 6) is 2.43. The molecule has 0 radical (unpaired) electrons. The summed E-state index contributed by atoms with van der Waals surface area (Å²) in [4.78, 5) is 11.0. The Kier molecular flexibility index (Phi) is 84.2. The molecule has 3 saturated heterocycles. The van der Waals surface area contributed by atoms with Crippen molar-refractivity contribution < 1.29 is 73.4 Å². The van der Waals surface area contributed by atoms with E-state index in [0.717, 1.165) is 128 Å². The highest BCUT2D eigenvalue weighted by Crippen LogP contribution is 2.18. The third-order valence-corrected chi connectivity index (χ3v) is 20.0. The van der Waals surface area contributed by atoms with Gasteiger partial charge in [-0.05, 0) is 161 Å². The summed E-state index contributed by atoms with van der Waals surface area (Å²) in [6, 6.07) is 5.04. The van der Waals surface area contributed by atoms with E-state index < -0.39 is 29.9 Å². The Morgan fingerprint density at radius 2 is 1.26 bits per heavy atom. The standard InChI is InChI=1S/C7H13N3.C7H16N2O2S.C7H15NO.C6H11N3S.C6H13NO2.C6H15NO2.C6H13NO.C6H9NO.C5H14N2O2S.C4H11NO2S.C4H11NO2.C4H11NO/c1-8-3-2-5-10-6-4-9-7-10;1-8-7-3-5-9(6-4-7)12(2,10)11;1-8-6-3-2-4-7(9)5-6;1-7-4-5-10-6-8-2-3-9-6;1-7-4-6-5-8-2-3-9-6;1-7-6(4-8-2)5-9-3;2*1-7-5-6-3-2-4-8-6;1-6-4-5-10(8,9)7(2)3;1-5-3-4-8(2,6)7;1-5-4(2-6)3-7;1-5-3-4-6-2/h4,6-8H,2-3,5H2,1H3;7-8H,3-6H2,1-2H3;6-9H,2-5H2,1H3;2-3,7H,4-5H2,1H3,(H,8,9);6-7H,2-5H2,1H3;6-7H,4-5H2,1-3H3;6-7H,2-5H2,1H3;2-4,7H,5H2,1H3;6H,4-5H2,1-3H3;5H,3-4H2,1-2H3;4-7H,2-3H2,1H3;5H,3-4H2,1-2H3. The Labute approximate surface area is 645 Å². The molecule has 4 aliphatic rings. The third-order valence-electron chi connectivity index (χ3n) is 15.0. The van der Waals surface area contributed by atoms with Gasteiger partial charge >= 0.3 is 0 Å². The van der Waals surface area contributed by atoms with Crippen LogP contribution >= 0.6 is 11.8 Å². The van der Waals surface area contributed by atoms with E-state index in [1.807, 2.05) is 94.3 Å². The van der Waals surface area contributed by atoms with Gasteiger partial charge in [0.25, 0.3) is 0 Å². The van der Waals surface area contributed by atoms with Crippen LogP contribution in [0.4, 0.5) is 0 Å². The quantitative estimate of drug-likeness (QED) is 0.0248. The normalized spacial score (nSPS) is 17.1. The molecule has 4 unspecified atom stereocenters. The van der Waals surface area contributed by atoms with E-state index in [9.17, 15) is 30.4 Å². The molecule has 4 fully saturated rings. The number of imidazole rings is 2. The van der Waals surface area contributed by atoms with E-state index in [1.54, 1.807) is 77.2 Å². The van der Waals surface area contributed by atoms with Crippen molar-refractivity contribution in [3.05, 3.63) is 55.3 Å². The summed E-state index contributed by atoms with van der Waals surface area (Å²) in [6.45, 7) is 14.5. The zero-order valence-electron chi connectivity index (χ0n) is 68.3. The number of furan rings is 1. The molecular weight excluding hydrogens is 1450 g/mol. The number of thioether (sulfide) groups is 1. The fourth-order valence-electron chi connectivity index (χ4n) is 8.60. The lowest BCUT2D eigenvalue weighted by Gasteiger charge is -2.29. The second-order valence-corrected chi connectivity index (χ2v) is 32.0. The number of aromatic amines is 1. The van der Waals surface area contributed by atoms with Gasteiger partial charge in [-0.15, -0.1) is 0 Å². The fourth-order valence-corrected chi connectivity index (χ4v) is 11.7. The number of likely N-dealkylation sites (N-methyl/N-ethyl adjacent to an activating group) is 5. The Morgan fingerprint density at radius 1 is 0.670 bits per heavy atom. The van der Waals surface area contributed by atoms with E-state index in [2.05, 4.69) is 83.3 Å². The maximum absolute atomic E-state index is 11.1. The van der Waals surface area contributed by atoms with E-state index in [1.165, 1.54) is 56.6 Å². The predicted octanol–water partition coefficient (Wildman–Crippen LogP) is -1.02. The Morgan fingerprint density at radius 3 is 1.64 bits per heavy atom. The fraction of sp³-hybridized carbons (Fsp3) is 0.853. The second kappa shape index (κ2) is 80.0. The topological polar surface area (TPSA) is 429 Å². The highest BCUT2D eigenvalue weighted by molar-refractivity contribution is 7.99. The lowest BCUT2D eigenvalue weighted by molar-refractivity contribution is -0.0858. The van der Waals surface area contributed by atoms with Gasteiger partial charge < -0.3 is 122 Å². The number of aliphatic hydroxyl groups is 3. The van der Waals surface area contributed by atoms with E-state index in [0.29, 0.717) is 63.6 Å². The summed E-state index contributed by atoms with van der Waals surface area (Å²) in [7, 11) is 21.9. The smallest absolute Gasteiger partial charge is 0.214 e. The van der Waals surface area contributed by atoms with Gasteiger partial charge in [0.05, 0.1) is 120 Å². The molecule has 106 heavy (non-hydrogen) atoms. The lowest BCUT2D eigenvalue weighted by atomic mass is 9.93. The van der Waals surface area contributed by atoms with Crippen LogP contribution in [0.25, 0.3) is 0 Å². The first-order valence-corrected chi connectivity index (χ1v) is 42.9. The minimum Gasteiger partial charge on any atom is -0.468 e. The molecule has 1 saturated carbocycles. The van der Waals surface area contributed by atoms with Crippen LogP contribution in [0.5, 0.6) is 0 Å². The van der Waals surface area contributed by atoms with Crippen LogP contribution in [-0.4, -0.2) is 379 Å². The molecule has 0 aromatic carbocycles. The molecule has 16 N–H and O–H groups in total. The van der Waals surface area contributed by atoms with Gasteiger partial charge in [0.1, 0.15) is 15.6 Å². The number of aryl methyl sites for hydroxylation is 1. The lowest BCUT2D eigenvalue weighted by Crippen LogP contribution is -2.43. The highest BCUT2D eigenvalue weighted by atomic mass is 32.2. The molecule has 0 spiro atoms. The van der Waals surface area contributed by atoms with E-state index in [4.69, 9.17) is 43.1 Å². The Balaban J connectivity index is -0.000000351. The van der Waals surface area contributed by atoms with Crippen LogP contribution in [0.1, 0.15) is 63.5 Å². The van der Waals surface area contributed by atoms with Crippen molar-refractivity contribution in [1.29, 1.82) is 0 Å². The van der Waals surface area contributed by atoms with Crippen LogP contribution in [0.2, 0.25) is 0 Å². The molecule has 0 amide bonds. The maximum atomic E-state index is 11.1. The van der Waals surface area contributed by atoms with Crippen molar-refractivity contribution in [3.63, 3.8) is 0 Å². The number of hydrogen-bond acceptors (Lipinski definition) is 31. The minimum absolute atomic E-state index is 0.00694. The van der Waals surface area contributed by atoms with E-state index >= 15 is 0 Å². The number of aromatic nitrogens is 4. The van der Waals surface area contributed by atoms with Crippen molar-refractivity contribution in [2.24, 2.45) is 0 Å². The first kappa shape index (κ1) is 112. The number of sulfonamides is 2. The zero-order chi connectivity index (χ0) is 81.0. The predicted molar refractivity (Wildman–Crippen MR) is 433 cm³/mol. The van der Waals surface area contributed by atoms with Crippen molar-refractivity contribution in [1.82, 2.24) is 91.9 Å². The molecule has 0 bridgehead atoms. The minimum atomic E-state index is -2.99. The first-order chi connectivity index (χ1) is 50.7. The molecule has 6 heterocycles. The van der Waals surface area contributed by atoms with Crippen molar-refractivity contribution in [2.75, 3.05) is 268 Å². The average molecular weight is 1610 g/mol. The number of hydrogen-bond donors (Lipinski definition) is 16. The molecule has 1 aliphatic carbocycles. The number of piperidine rings is 1. The third kappa shape index (κ3) is 76.4. The number of nitrogens with one attached hydrogen (secondary N) is 13. The molecule has 34 nitrogen and oxygen atoms in total. The Hall–Kier alpha value is -3.02. The summed E-state index contributed by atoms with van der Waals surface area (Å²) in [5, 5.41) is 62.6. The summed E-state index contributed by atoms with van der Waals surface area (Å²) in [5.41, 5.74) is 0. The molecule has 3 aromatic heterocycles. The number of ether oxygens (including phenoxy) is 6. The van der Waals surface area contributed by atoms with Crippen LogP contribution < -0.4 is 63.8 Å². The van der Waals surface area contributed by atoms with E-state index in [-0.39, 0.29) is 43.0 Å². The van der Waals surface area contributed by atoms with Crippen molar-refractivity contribution >= 4 is 41.6 Å². The van der Waals surface area contributed by atoms with Crippen LogP contribution in [0.3, 0.4) is 0 Å². The summed E-state index contributed by atoms with van der Waals surface area (Å²) in [6.07, 6.45) is 23.9. The zero-order valence-corrected chi connectivity index (χ0v) is 71.6. The largest absolute Gasteiger partial charge is 0.468 e. The number of sulfone groups is 1. The SMILES string of the molecule is CNC(CO)CO.CNC(COC)COC.CNC1CCCC(O)C1.CNC1CCN(S(C)(=O)=O)CC1.CNCC1CCCO1.CNCC1COCCO1.CNCCCn1ccnc1.CNCCOC.CNCCS(=O)(=O)N(C)C.CNCCS(C)(=O)=O.CNCCSc1ncc[nH]1.CNCc1ccco1. The molecular formula is C68H152N18O16S4. The molecule has 3 aromatic rings. The number of aliphatic hydroxyl groups excluding tert-OH is 3.